The molecule has 20 heavy (non-hydrogen) atoms. The summed E-state index contributed by atoms with van der Waals surface area (Å²) < 4.78 is 5.27. The Balaban J connectivity index is 1.50. The second-order valence-electron chi connectivity index (χ2n) is 5.47. The van der Waals surface area contributed by atoms with Crippen LogP contribution in [0, 0.1) is 17.8 Å². The van der Waals surface area contributed by atoms with Crippen LogP contribution in [-0.4, -0.2) is 35.2 Å². The van der Waals surface area contributed by atoms with Crippen molar-refractivity contribution in [3.05, 3.63) is 35.9 Å². The summed E-state index contributed by atoms with van der Waals surface area (Å²) in [5, 5.41) is 9.03. The Morgan fingerprint density at radius 2 is 2.00 bits per heavy atom. The van der Waals surface area contributed by atoms with Gasteiger partial charge >= 0.3 is 12.1 Å². The standard InChI is InChI=1S/C15H17NO4/c17-14(18)13-11-6-7-16(8-12(11)13)15(19)20-9-10-4-2-1-3-5-10/h1-5,11-13H,6-9H2,(H,17,18). The van der Waals surface area contributed by atoms with Gasteiger partial charge in [0.15, 0.2) is 0 Å². The number of hydrogen-bond acceptors (Lipinski definition) is 3. The fraction of sp³-hybridized carbons (Fsp3) is 0.467. The number of carbonyl (C=O) groups excluding carboxylic acids is 1. The second-order valence-corrected chi connectivity index (χ2v) is 5.47. The lowest BCUT2D eigenvalue weighted by atomic mass is 10.1. The lowest BCUT2D eigenvalue weighted by molar-refractivity contribution is -0.139. The van der Waals surface area contributed by atoms with Gasteiger partial charge < -0.3 is 14.7 Å². The SMILES string of the molecule is O=C(O)C1C2CCN(C(=O)OCc3ccccc3)CC21. The highest BCUT2D eigenvalue weighted by Gasteiger charge is 2.57. The van der Waals surface area contributed by atoms with Crippen molar-refractivity contribution in [2.45, 2.75) is 13.0 Å². The minimum atomic E-state index is -0.737. The van der Waals surface area contributed by atoms with E-state index < -0.39 is 5.97 Å². The Morgan fingerprint density at radius 1 is 1.25 bits per heavy atom. The molecule has 1 N–H and O–H groups in total. The molecule has 5 heteroatoms. The van der Waals surface area contributed by atoms with Gasteiger partial charge in [-0.3, -0.25) is 4.79 Å². The molecule has 1 aromatic rings. The summed E-state index contributed by atoms with van der Waals surface area (Å²) >= 11 is 0. The average molecular weight is 275 g/mol. The Hall–Kier alpha value is -2.04. The van der Waals surface area contributed by atoms with Gasteiger partial charge in [0, 0.05) is 13.1 Å². The van der Waals surface area contributed by atoms with Crippen LogP contribution in [0.1, 0.15) is 12.0 Å². The first-order chi connectivity index (χ1) is 9.66. The van der Waals surface area contributed by atoms with E-state index in [1.807, 2.05) is 30.3 Å². The van der Waals surface area contributed by atoms with Gasteiger partial charge in [0.2, 0.25) is 0 Å². The maximum atomic E-state index is 12.0. The van der Waals surface area contributed by atoms with Crippen molar-refractivity contribution < 1.29 is 19.4 Å². The lowest BCUT2D eigenvalue weighted by Gasteiger charge is -2.25. The van der Waals surface area contributed by atoms with E-state index in [1.165, 1.54) is 0 Å². The predicted molar refractivity (Wildman–Crippen MR) is 70.9 cm³/mol. The van der Waals surface area contributed by atoms with Crippen LogP contribution >= 0.6 is 0 Å². The third-order valence-electron chi connectivity index (χ3n) is 4.24. The first-order valence-electron chi connectivity index (χ1n) is 6.85. The number of aliphatic carboxylic acids is 1. The molecule has 0 aromatic heterocycles. The number of rotatable bonds is 3. The fourth-order valence-corrected chi connectivity index (χ4v) is 3.08. The average Bonchev–Trinajstić information content (AvgIpc) is 3.19. The number of ether oxygens (including phenoxy) is 1. The van der Waals surface area contributed by atoms with Gasteiger partial charge in [-0.15, -0.1) is 0 Å². The van der Waals surface area contributed by atoms with E-state index in [4.69, 9.17) is 9.84 Å². The lowest BCUT2D eigenvalue weighted by Crippen LogP contribution is -2.37. The second kappa shape index (κ2) is 5.15. The van der Waals surface area contributed by atoms with Crippen LogP contribution in [0.5, 0.6) is 0 Å². The van der Waals surface area contributed by atoms with Crippen molar-refractivity contribution in [1.82, 2.24) is 4.90 Å². The smallest absolute Gasteiger partial charge is 0.410 e. The van der Waals surface area contributed by atoms with Crippen molar-refractivity contribution in [3.8, 4) is 0 Å². The Labute approximate surface area is 117 Å². The maximum Gasteiger partial charge on any atom is 0.410 e. The molecule has 1 amide bonds. The molecule has 3 atom stereocenters. The fourth-order valence-electron chi connectivity index (χ4n) is 3.08. The molecular weight excluding hydrogens is 258 g/mol. The van der Waals surface area contributed by atoms with Crippen LogP contribution in [0.15, 0.2) is 30.3 Å². The number of amides is 1. The van der Waals surface area contributed by atoms with Gasteiger partial charge in [-0.2, -0.15) is 0 Å². The number of carbonyl (C=O) groups is 2. The molecule has 1 aliphatic heterocycles. The summed E-state index contributed by atoms with van der Waals surface area (Å²) in [5.74, 6) is -0.627. The van der Waals surface area contributed by atoms with Gasteiger partial charge in [0.1, 0.15) is 6.61 Å². The summed E-state index contributed by atoms with van der Waals surface area (Å²) in [6.45, 7) is 1.36. The molecule has 2 fully saturated rings. The summed E-state index contributed by atoms with van der Waals surface area (Å²) in [6.07, 6.45) is 0.422. The monoisotopic (exact) mass is 275 g/mol. The molecule has 5 nitrogen and oxygen atoms in total. The van der Waals surface area contributed by atoms with Crippen molar-refractivity contribution >= 4 is 12.1 Å². The van der Waals surface area contributed by atoms with E-state index in [9.17, 15) is 9.59 Å². The van der Waals surface area contributed by atoms with E-state index in [2.05, 4.69) is 0 Å². The first-order valence-corrected chi connectivity index (χ1v) is 6.85. The van der Waals surface area contributed by atoms with Crippen molar-refractivity contribution in [2.75, 3.05) is 13.1 Å². The zero-order valence-electron chi connectivity index (χ0n) is 11.1. The number of likely N-dealkylation sites (tertiary alicyclic amines) is 1. The van der Waals surface area contributed by atoms with Crippen LogP contribution in [0.2, 0.25) is 0 Å². The number of nitrogens with zero attached hydrogens (tertiary/aromatic N) is 1. The van der Waals surface area contributed by atoms with Crippen molar-refractivity contribution in [1.29, 1.82) is 0 Å². The molecule has 0 bridgehead atoms. The highest BCUT2D eigenvalue weighted by molar-refractivity contribution is 5.75. The van der Waals surface area contributed by atoms with Crippen molar-refractivity contribution in [2.24, 2.45) is 17.8 Å². The molecule has 2 aliphatic rings. The number of benzene rings is 1. The van der Waals surface area contributed by atoms with Crippen LogP contribution in [0.25, 0.3) is 0 Å². The Kier molecular flexibility index (Phi) is 3.34. The van der Waals surface area contributed by atoms with E-state index >= 15 is 0 Å². The third-order valence-corrected chi connectivity index (χ3v) is 4.24. The minimum Gasteiger partial charge on any atom is -0.481 e. The molecule has 0 radical (unpaired) electrons. The molecule has 3 rings (SSSR count). The van der Waals surface area contributed by atoms with E-state index in [0.29, 0.717) is 13.1 Å². The topological polar surface area (TPSA) is 66.8 Å². The number of carboxylic acid groups (broad SMARTS) is 1. The van der Waals surface area contributed by atoms with Gasteiger partial charge in [-0.1, -0.05) is 30.3 Å². The minimum absolute atomic E-state index is 0.116. The number of piperidine rings is 1. The highest BCUT2D eigenvalue weighted by atomic mass is 16.6. The molecule has 106 valence electrons. The van der Waals surface area contributed by atoms with Gasteiger partial charge in [0.25, 0.3) is 0 Å². The highest BCUT2D eigenvalue weighted by Crippen LogP contribution is 2.51. The summed E-state index contributed by atoms with van der Waals surface area (Å²) in [5.41, 5.74) is 0.950. The van der Waals surface area contributed by atoms with E-state index in [1.54, 1.807) is 4.90 Å². The van der Waals surface area contributed by atoms with E-state index in [0.717, 1.165) is 12.0 Å². The third kappa shape index (κ3) is 2.48. The zero-order valence-corrected chi connectivity index (χ0v) is 11.1. The first kappa shape index (κ1) is 13.0. The number of fused-ring (bicyclic) bond motifs is 1. The van der Waals surface area contributed by atoms with Crippen molar-refractivity contribution in [3.63, 3.8) is 0 Å². The molecule has 1 saturated carbocycles. The molecule has 3 unspecified atom stereocenters. The Morgan fingerprint density at radius 3 is 2.70 bits per heavy atom. The number of hydrogen-bond donors (Lipinski definition) is 1. The van der Waals surface area contributed by atoms with Gasteiger partial charge in [-0.25, -0.2) is 4.79 Å². The summed E-state index contributed by atoms with van der Waals surface area (Å²) in [4.78, 5) is 24.6. The maximum absolute atomic E-state index is 12.0. The zero-order chi connectivity index (χ0) is 14.1. The predicted octanol–water partition coefficient (Wildman–Crippen LogP) is 1.98. The summed E-state index contributed by atoms with van der Waals surface area (Å²) in [6, 6.07) is 9.52. The largest absolute Gasteiger partial charge is 0.481 e. The van der Waals surface area contributed by atoms with Crippen LogP contribution < -0.4 is 0 Å². The normalized spacial score (nSPS) is 27.6. The number of carboxylic acids is 1. The van der Waals surface area contributed by atoms with Crippen LogP contribution in [-0.2, 0) is 16.1 Å². The van der Waals surface area contributed by atoms with Crippen LogP contribution in [0.3, 0.4) is 0 Å². The van der Waals surface area contributed by atoms with Gasteiger partial charge in [-0.05, 0) is 23.8 Å². The molecular formula is C15H17NO4. The molecule has 1 aromatic carbocycles. The van der Waals surface area contributed by atoms with Gasteiger partial charge in [0.05, 0.1) is 5.92 Å². The van der Waals surface area contributed by atoms with Crippen LogP contribution in [0.4, 0.5) is 4.79 Å². The molecule has 1 saturated heterocycles. The quantitative estimate of drug-likeness (QED) is 0.916. The molecule has 1 aliphatic carbocycles. The Bertz CT molecular complexity index is 516. The van der Waals surface area contributed by atoms with E-state index in [-0.39, 0.29) is 30.5 Å². The molecule has 0 spiro atoms. The molecule has 1 heterocycles. The summed E-state index contributed by atoms with van der Waals surface area (Å²) in [7, 11) is 0.